The first kappa shape index (κ1) is 19.1. The predicted molar refractivity (Wildman–Crippen MR) is 91.8 cm³/mol. The van der Waals surface area contributed by atoms with Crippen molar-refractivity contribution in [3.63, 3.8) is 0 Å². The number of aliphatic hydroxyl groups is 1. The number of ether oxygens (including phenoxy) is 1. The fourth-order valence-corrected chi connectivity index (χ4v) is 2.85. The van der Waals surface area contributed by atoms with Gasteiger partial charge in [-0.05, 0) is 36.0 Å². The molecule has 1 aliphatic rings. The average molecular weight is 341 g/mol. The lowest BCUT2D eigenvalue weighted by atomic mass is 9.87. The minimum absolute atomic E-state index is 0.0605. The maximum Gasteiger partial charge on any atom is 0.248 e. The quantitative estimate of drug-likeness (QED) is 0.825. The van der Waals surface area contributed by atoms with Crippen LogP contribution in [0.4, 0.5) is 8.78 Å². The Labute approximate surface area is 143 Å². The number of rotatable bonds is 6. The smallest absolute Gasteiger partial charge is 0.248 e. The van der Waals surface area contributed by atoms with E-state index in [2.05, 4.69) is 26.1 Å². The second kappa shape index (κ2) is 7.79. The normalized spacial score (nSPS) is 19.9. The van der Waals surface area contributed by atoms with Crippen molar-refractivity contribution < 1.29 is 18.6 Å². The molecule has 0 spiro atoms. The molecule has 1 atom stereocenters. The van der Waals surface area contributed by atoms with Crippen LogP contribution in [0.3, 0.4) is 0 Å². The van der Waals surface area contributed by atoms with Crippen molar-refractivity contribution in [2.24, 2.45) is 0 Å². The Kier molecular flexibility index (Phi) is 6.21. The Balaban J connectivity index is 1.69. The summed E-state index contributed by atoms with van der Waals surface area (Å²) in [7, 11) is 0. The maximum atomic E-state index is 13.1. The zero-order valence-electron chi connectivity index (χ0n) is 14.8. The molecule has 1 saturated carbocycles. The zero-order valence-corrected chi connectivity index (χ0v) is 14.8. The molecule has 1 aliphatic carbocycles. The molecule has 1 fully saturated rings. The van der Waals surface area contributed by atoms with Crippen LogP contribution < -0.4 is 10.1 Å². The Morgan fingerprint density at radius 1 is 1.21 bits per heavy atom. The fourth-order valence-electron chi connectivity index (χ4n) is 2.85. The van der Waals surface area contributed by atoms with Gasteiger partial charge in [-0.2, -0.15) is 0 Å². The third-order valence-electron chi connectivity index (χ3n) is 4.52. The summed E-state index contributed by atoms with van der Waals surface area (Å²) in [5, 5.41) is 13.2. The Bertz CT molecular complexity index is 501. The van der Waals surface area contributed by atoms with Gasteiger partial charge in [0.15, 0.2) is 0 Å². The number of aliphatic hydroxyl groups excluding tert-OH is 1. The lowest BCUT2D eigenvalue weighted by Crippen LogP contribution is -2.41. The maximum absolute atomic E-state index is 13.1. The number of halogens is 2. The van der Waals surface area contributed by atoms with E-state index >= 15 is 0 Å². The SMILES string of the molecule is CC(C)(C)c1ccc(OCC(O)CNC2CCC(F)(F)CC2)cc1. The first-order valence-corrected chi connectivity index (χ1v) is 8.68. The van der Waals surface area contributed by atoms with E-state index in [0.29, 0.717) is 19.4 Å². The summed E-state index contributed by atoms with van der Waals surface area (Å²) < 4.78 is 31.8. The van der Waals surface area contributed by atoms with Crippen LogP contribution in [-0.4, -0.2) is 36.3 Å². The van der Waals surface area contributed by atoms with Gasteiger partial charge >= 0.3 is 0 Å². The van der Waals surface area contributed by atoms with Crippen LogP contribution >= 0.6 is 0 Å². The second-order valence-corrected chi connectivity index (χ2v) is 7.78. The van der Waals surface area contributed by atoms with Crippen molar-refractivity contribution in [3.05, 3.63) is 29.8 Å². The highest BCUT2D eigenvalue weighted by Crippen LogP contribution is 2.32. The Morgan fingerprint density at radius 3 is 2.33 bits per heavy atom. The van der Waals surface area contributed by atoms with Gasteiger partial charge in [-0.25, -0.2) is 8.78 Å². The number of benzene rings is 1. The third-order valence-corrected chi connectivity index (χ3v) is 4.52. The molecule has 0 amide bonds. The minimum atomic E-state index is -2.51. The first-order chi connectivity index (χ1) is 11.2. The molecule has 0 heterocycles. The van der Waals surface area contributed by atoms with E-state index in [4.69, 9.17) is 4.74 Å². The van der Waals surface area contributed by atoms with Crippen molar-refractivity contribution in [2.45, 2.75) is 69.9 Å². The van der Waals surface area contributed by atoms with Crippen molar-refractivity contribution in [1.82, 2.24) is 5.32 Å². The minimum Gasteiger partial charge on any atom is -0.491 e. The van der Waals surface area contributed by atoms with Crippen LogP contribution in [0.15, 0.2) is 24.3 Å². The van der Waals surface area contributed by atoms with Crippen molar-refractivity contribution in [2.75, 3.05) is 13.2 Å². The van der Waals surface area contributed by atoms with Crippen molar-refractivity contribution in [3.8, 4) is 5.75 Å². The van der Waals surface area contributed by atoms with E-state index < -0.39 is 12.0 Å². The standard InChI is InChI=1S/C19H29F2NO2/c1-18(2,3)14-4-6-17(7-5-14)24-13-16(23)12-22-15-8-10-19(20,21)11-9-15/h4-7,15-16,22-23H,8-13H2,1-3H3. The van der Waals surface area contributed by atoms with Crippen molar-refractivity contribution >= 4 is 0 Å². The van der Waals surface area contributed by atoms with Gasteiger partial charge in [-0.3, -0.25) is 0 Å². The summed E-state index contributed by atoms with van der Waals surface area (Å²) >= 11 is 0. The summed E-state index contributed by atoms with van der Waals surface area (Å²) in [6.45, 7) is 7.00. The predicted octanol–water partition coefficient (Wildman–Crippen LogP) is 3.89. The number of hydrogen-bond donors (Lipinski definition) is 2. The highest BCUT2D eigenvalue weighted by Gasteiger charge is 2.34. The van der Waals surface area contributed by atoms with E-state index in [1.165, 1.54) is 5.56 Å². The highest BCUT2D eigenvalue weighted by molar-refractivity contribution is 5.31. The van der Waals surface area contributed by atoms with Crippen LogP contribution in [0, 0.1) is 0 Å². The summed E-state index contributed by atoms with van der Waals surface area (Å²) in [6.07, 6.45) is 0.105. The first-order valence-electron chi connectivity index (χ1n) is 8.68. The van der Waals surface area contributed by atoms with E-state index in [-0.39, 0.29) is 30.9 Å². The van der Waals surface area contributed by atoms with Crippen LogP contribution in [-0.2, 0) is 5.41 Å². The van der Waals surface area contributed by atoms with Gasteiger partial charge in [0, 0.05) is 25.4 Å². The number of nitrogens with one attached hydrogen (secondary N) is 1. The second-order valence-electron chi connectivity index (χ2n) is 7.78. The van der Waals surface area contributed by atoms with Gasteiger partial charge in [-0.1, -0.05) is 32.9 Å². The van der Waals surface area contributed by atoms with E-state index in [1.807, 2.05) is 24.3 Å². The molecule has 0 aromatic heterocycles. The van der Waals surface area contributed by atoms with E-state index in [0.717, 1.165) is 5.75 Å². The largest absolute Gasteiger partial charge is 0.491 e. The Morgan fingerprint density at radius 2 is 1.79 bits per heavy atom. The molecule has 0 bridgehead atoms. The molecular formula is C19H29F2NO2. The van der Waals surface area contributed by atoms with Crippen LogP contribution in [0.2, 0.25) is 0 Å². The molecule has 2 N–H and O–H groups in total. The highest BCUT2D eigenvalue weighted by atomic mass is 19.3. The molecule has 1 aromatic carbocycles. The molecule has 5 heteroatoms. The zero-order chi connectivity index (χ0) is 17.8. The monoisotopic (exact) mass is 341 g/mol. The van der Waals surface area contributed by atoms with Gasteiger partial charge in [0.2, 0.25) is 5.92 Å². The topological polar surface area (TPSA) is 41.5 Å². The molecule has 24 heavy (non-hydrogen) atoms. The molecule has 0 aliphatic heterocycles. The molecule has 2 rings (SSSR count). The summed E-state index contributed by atoms with van der Waals surface area (Å²) in [5.74, 6) is -1.79. The lowest BCUT2D eigenvalue weighted by Gasteiger charge is -2.29. The number of alkyl halides is 2. The molecular weight excluding hydrogens is 312 g/mol. The van der Waals surface area contributed by atoms with Gasteiger partial charge < -0.3 is 15.2 Å². The van der Waals surface area contributed by atoms with Gasteiger partial charge in [-0.15, -0.1) is 0 Å². The molecule has 3 nitrogen and oxygen atoms in total. The molecule has 136 valence electrons. The summed E-state index contributed by atoms with van der Waals surface area (Å²) in [5.41, 5.74) is 1.32. The van der Waals surface area contributed by atoms with E-state index in [9.17, 15) is 13.9 Å². The molecule has 1 aromatic rings. The fraction of sp³-hybridized carbons (Fsp3) is 0.684. The summed E-state index contributed by atoms with van der Waals surface area (Å²) in [4.78, 5) is 0. The van der Waals surface area contributed by atoms with Gasteiger partial charge in [0.05, 0.1) is 0 Å². The van der Waals surface area contributed by atoms with Gasteiger partial charge in [0.25, 0.3) is 0 Å². The number of hydrogen-bond acceptors (Lipinski definition) is 3. The molecule has 0 radical (unpaired) electrons. The van der Waals surface area contributed by atoms with Crippen molar-refractivity contribution in [1.29, 1.82) is 0 Å². The van der Waals surface area contributed by atoms with Gasteiger partial charge in [0.1, 0.15) is 18.5 Å². The molecule has 1 unspecified atom stereocenters. The van der Waals surface area contributed by atoms with Crippen LogP contribution in [0.5, 0.6) is 5.75 Å². The average Bonchev–Trinajstić information content (AvgIpc) is 2.51. The van der Waals surface area contributed by atoms with Crippen LogP contribution in [0.25, 0.3) is 0 Å². The Hall–Kier alpha value is -1.20. The van der Waals surface area contributed by atoms with E-state index in [1.54, 1.807) is 0 Å². The molecule has 0 saturated heterocycles. The third kappa shape index (κ3) is 6.02. The lowest BCUT2D eigenvalue weighted by molar-refractivity contribution is -0.0412. The summed E-state index contributed by atoms with van der Waals surface area (Å²) in [6, 6.07) is 7.93. The van der Waals surface area contributed by atoms with Crippen LogP contribution in [0.1, 0.15) is 52.0 Å².